The summed E-state index contributed by atoms with van der Waals surface area (Å²) in [5.41, 5.74) is 0.742. The molecule has 1 aromatic carbocycles. The molecular weight excluding hydrogens is 327 g/mol. The van der Waals surface area contributed by atoms with Crippen molar-refractivity contribution in [2.45, 2.75) is 4.90 Å². The molecule has 0 aliphatic heterocycles. The average molecular weight is 330 g/mol. The van der Waals surface area contributed by atoms with Crippen molar-refractivity contribution in [1.29, 1.82) is 0 Å². The number of rotatable bonds is 1. The van der Waals surface area contributed by atoms with E-state index in [1.807, 2.05) is 0 Å². The number of aromatic nitrogens is 2. The summed E-state index contributed by atoms with van der Waals surface area (Å²) in [4.78, 5) is 6.49. The molecule has 0 atom stereocenters. The standard InChI is InChI=1S/C7H3BrCl2N2O2S/c8-3-1-4-6(12-7(9)11-4)5(2-3)15(10,13)14/h1-2H,(H,11,12). The van der Waals surface area contributed by atoms with Gasteiger partial charge in [-0.25, -0.2) is 13.4 Å². The van der Waals surface area contributed by atoms with Crippen LogP contribution in [-0.4, -0.2) is 18.4 Å². The quantitative estimate of drug-likeness (QED) is 0.818. The van der Waals surface area contributed by atoms with Crippen LogP contribution in [0.1, 0.15) is 0 Å². The molecule has 8 heteroatoms. The Morgan fingerprint density at radius 1 is 1.40 bits per heavy atom. The molecule has 0 unspecified atom stereocenters. The summed E-state index contributed by atoms with van der Waals surface area (Å²) in [6.07, 6.45) is 0. The van der Waals surface area contributed by atoms with E-state index in [2.05, 4.69) is 25.9 Å². The van der Waals surface area contributed by atoms with Crippen LogP contribution in [0.25, 0.3) is 11.0 Å². The lowest BCUT2D eigenvalue weighted by atomic mass is 10.3. The molecule has 2 aromatic rings. The molecule has 0 saturated carbocycles. The molecule has 0 saturated heterocycles. The number of nitrogens with one attached hydrogen (secondary N) is 1. The van der Waals surface area contributed by atoms with Crippen molar-refractivity contribution < 1.29 is 8.42 Å². The molecule has 4 nitrogen and oxygen atoms in total. The van der Waals surface area contributed by atoms with Gasteiger partial charge in [-0.1, -0.05) is 15.9 Å². The summed E-state index contributed by atoms with van der Waals surface area (Å²) in [6.45, 7) is 0. The van der Waals surface area contributed by atoms with Gasteiger partial charge in [-0.2, -0.15) is 0 Å². The number of imidazole rings is 1. The van der Waals surface area contributed by atoms with Crippen LogP contribution >= 0.6 is 38.2 Å². The van der Waals surface area contributed by atoms with Crippen LogP contribution < -0.4 is 0 Å². The van der Waals surface area contributed by atoms with E-state index in [0.717, 1.165) is 0 Å². The first-order valence-electron chi connectivity index (χ1n) is 3.67. The van der Waals surface area contributed by atoms with Crippen molar-refractivity contribution >= 4 is 58.3 Å². The Labute approximate surface area is 103 Å². The van der Waals surface area contributed by atoms with Gasteiger partial charge in [0.25, 0.3) is 9.05 Å². The number of hydrogen-bond acceptors (Lipinski definition) is 3. The molecule has 1 aromatic heterocycles. The molecule has 0 aliphatic rings. The highest BCUT2D eigenvalue weighted by atomic mass is 79.9. The Kier molecular flexibility index (Phi) is 2.70. The predicted molar refractivity (Wildman–Crippen MR) is 61.8 cm³/mol. The van der Waals surface area contributed by atoms with Crippen LogP contribution in [0.15, 0.2) is 21.5 Å². The first kappa shape index (κ1) is 11.2. The monoisotopic (exact) mass is 328 g/mol. The molecule has 1 heterocycles. The Bertz CT molecular complexity index is 638. The lowest BCUT2D eigenvalue weighted by Crippen LogP contribution is -1.92. The largest absolute Gasteiger partial charge is 0.329 e. The molecule has 1 N–H and O–H groups in total. The van der Waals surface area contributed by atoms with E-state index in [4.69, 9.17) is 22.3 Å². The Hall–Kier alpha value is -0.300. The Morgan fingerprint density at radius 2 is 2.07 bits per heavy atom. The van der Waals surface area contributed by atoms with Gasteiger partial charge in [0.05, 0.1) is 5.52 Å². The van der Waals surface area contributed by atoms with E-state index < -0.39 is 9.05 Å². The highest BCUT2D eigenvalue weighted by Gasteiger charge is 2.18. The van der Waals surface area contributed by atoms with E-state index in [-0.39, 0.29) is 15.7 Å². The second-order valence-electron chi connectivity index (χ2n) is 2.77. The number of benzene rings is 1. The number of aromatic amines is 1. The number of halogens is 3. The molecule has 0 radical (unpaired) electrons. The molecule has 0 bridgehead atoms. The van der Waals surface area contributed by atoms with Gasteiger partial charge < -0.3 is 4.98 Å². The fourth-order valence-electron chi connectivity index (χ4n) is 1.21. The summed E-state index contributed by atoms with van der Waals surface area (Å²) < 4.78 is 23.1. The van der Waals surface area contributed by atoms with Crippen molar-refractivity contribution in [2.24, 2.45) is 0 Å². The fourth-order valence-corrected chi connectivity index (χ4v) is 3.01. The molecular formula is C7H3BrCl2N2O2S. The van der Waals surface area contributed by atoms with Crippen LogP contribution in [0, 0.1) is 0 Å². The zero-order valence-electron chi connectivity index (χ0n) is 6.96. The fraction of sp³-hybridized carbons (Fsp3) is 0. The number of fused-ring (bicyclic) bond motifs is 1. The summed E-state index contributed by atoms with van der Waals surface area (Å²) in [5, 5.41) is 0.115. The van der Waals surface area contributed by atoms with Crippen molar-refractivity contribution in [3.8, 4) is 0 Å². The van der Waals surface area contributed by atoms with Crippen LogP contribution in [-0.2, 0) is 9.05 Å². The van der Waals surface area contributed by atoms with Gasteiger partial charge in [0.1, 0.15) is 10.4 Å². The summed E-state index contributed by atoms with van der Waals surface area (Å²) >= 11 is 8.81. The van der Waals surface area contributed by atoms with Crippen molar-refractivity contribution in [1.82, 2.24) is 9.97 Å². The normalized spacial score (nSPS) is 12.2. The second kappa shape index (κ2) is 3.62. The first-order valence-corrected chi connectivity index (χ1v) is 7.15. The minimum absolute atomic E-state index is 0.0725. The zero-order chi connectivity index (χ0) is 11.2. The summed E-state index contributed by atoms with van der Waals surface area (Å²) in [5.74, 6) is 0. The average Bonchev–Trinajstić information content (AvgIpc) is 2.41. The Morgan fingerprint density at radius 3 is 2.67 bits per heavy atom. The zero-order valence-corrected chi connectivity index (χ0v) is 10.9. The first-order chi connectivity index (χ1) is 6.88. The summed E-state index contributed by atoms with van der Waals surface area (Å²) in [6, 6.07) is 3.04. The van der Waals surface area contributed by atoms with Crippen molar-refractivity contribution in [3.63, 3.8) is 0 Å². The minimum atomic E-state index is -3.84. The van der Waals surface area contributed by atoms with Crippen LogP contribution in [0.2, 0.25) is 5.28 Å². The molecule has 0 aliphatic carbocycles. The molecule has 15 heavy (non-hydrogen) atoms. The molecule has 0 fully saturated rings. The SMILES string of the molecule is O=S(=O)(Cl)c1cc(Br)cc2[nH]c(Cl)nc12. The molecule has 2 rings (SSSR count). The summed E-state index contributed by atoms with van der Waals surface area (Å²) in [7, 11) is 1.44. The maximum Gasteiger partial charge on any atom is 0.263 e. The van der Waals surface area contributed by atoms with Crippen LogP contribution in [0.4, 0.5) is 0 Å². The van der Waals surface area contributed by atoms with Gasteiger partial charge in [-0.15, -0.1) is 0 Å². The van der Waals surface area contributed by atoms with Crippen molar-refractivity contribution in [3.05, 3.63) is 21.9 Å². The van der Waals surface area contributed by atoms with Gasteiger partial charge in [-0.3, -0.25) is 0 Å². The van der Waals surface area contributed by atoms with E-state index in [1.165, 1.54) is 6.07 Å². The Balaban J connectivity index is 2.94. The van der Waals surface area contributed by atoms with E-state index in [0.29, 0.717) is 9.99 Å². The lowest BCUT2D eigenvalue weighted by molar-refractivity contribution is 0.610. The number of nitrogens with zero attached hydrogens (tertiary/aromatic N) is 1. The molecule has 0 amide bonds. The highest BCUT2D eigenvalue weighted by Crippen LogP contribution is 2.29. The predicted octanol–water partition coefficient (Wildman–Crippen LogP) is 2.91. The van der Waals surface area contributed by atoms with Gasteiger partial charge in [-0.05, 0) is 23.7 Å². The van der Waals surface area contributed by atoms with Crippen molar-refractivity contribution in [2.75, 3.05) is 0 Å². The third-order valence-corrected chi connectivity index (χ3v) is 3.72. The van der Waals surface area contributed by atoms with Gasteiger partial charge in [0.2, 0.25) is 5.28 Å². The highest BCUT2D eigenvalue weighted by molar-refractivity contribution is 9.10. The molecule has 80 valence electrons. The topological polar surface area (TPSA) is 62.8 Å². The maximum atomic E-state index is 11.3. The van der Waals surface area contributed by atoms with E-state index in [9.17, 15) is 8.42 Å². The second-order valence-corrected chi connectivity index (χ2v) is 6.57. The van der Waals surface area contributed by atoms with Gasteiger partial charge in [0.15, 0.2) is 0 Å². The molecule has 0 spiro atoms. The van der Waals surface area contributed by atoms with Crippen LogP contribution in [0.3, 0.4) is 0 Å². The van der Waals surface area contributed by atoms with Gasteiger partial charge in [0, 0.05) is 15.2 Å². The third kappa shape index (κ3) is 2.13. The third-order valence-electron chi connectivity index (χ3n) is 1.75. The van der Waals surface area contributed by atoms with E-state index >= 15 is 0 Å². The number of H-pyrrole nitrogens is 1. The smallest absolute Gasteiger partial charge is 0.263 e. The minimum Gasteiger partial charge on any atom is -0.329 e. The van der Waals surface area contributed by atoms with E-state index in [1.54, 1.807) is 6.07 Å². The maximum absolute atomic E-state index is 11.3. The lowest BCUT2D eigenvalue weighted by Gasteiger charge is -1.98. The van der Waals surface area contributed by atoms with Gasteiger partial charge >= 0.3 is 0 Å². The van der Waals surface area contributed by atoms with Crippen LogP contribution in [0.5, 0.6) is 0 Å². The number of hydrogen-bond donors (Lipinski definition) is 1.